The number of carbonyl (C=O) groups is 1. The highest BCUT2D eigenvalue weighted by Gasteiger charge is 2.34. The van der Waals surface area contributed by atoms with Gasteiger partial charge in [0.15, 0.2) is 0 Å². The van der Waals surface area contributed by atoms with E-state index in [1.165, 1.54) is 4.90 Å². The van der Waals surface area contributed by atoms with E-state index in [0.29, 0.717) is 5.56 Å². The number of amides is 1. The van der Waals surface area contributed by atoms with Gasteiger partial charge in [-0.05, 0) is 24.1 Å². The maximum atomic E-state index is 13.5. The average Bonchev–Trinajstić information content (AvgIpc) is 2.86. The minimum atomic E-state index is -1.37. The number of benzene rings is 2. The molecule has 1 N–H and O–H groups in total. The van der Waals surface area contributed by atoms with Crippen molar-refractivity contribution < 1.29 is 14.3 Å². The molecule has 3 nitrogen and oxygen atoms in total. The van der Waals surface area contributed by atoms with Crippen LogP contribution in [0.4, 0.5) is 4.39 Å². The summed E-state index contributed by atoms with van der Waals surface area (Å²) in [7, 11) is 0. The first-order valence-electron chi connectivity index (χ1n) is 7.34. The van der Waals surface area contributed by atoms with E-state index in [9.17, 15) is 14.3 Å². The fourth-order valence-corrected chi connectivity index (χ4v) is 2.82. The molecule has 114 valence electrons. The fraction of sp³-hybridized carbons (Fsp3) is 0.278. The quantitative estimate of drug-likeness (QED) is 0.926. The van der Waals surface area contributed by atoms with Gasteiger partial charge in [-0.3, -0.25) is 4.79 Å². The molecule has 3 rings (SSSR count). The van der Waals surface area contributed by atoms with Gasteiger partial charge in [-0.2, -0.15) is 0 Å². The third-order valence-corrected chi connectivity index (χ3v) is 3.99. The van der Waals surface area contributed by atoms with Crippen molar-refractivity contribution in [3.8, 4) is 11.1 Å². The summed E-state index contributed by atoms with van der Waals surface area (Å²) in [4.78, 5) is 14.0. The van der Waals surface area contributed by atoms with Crippen molar-refractivity contribution in [3.63, 3.8) is 0 Å². The molecule has 1 saturated heterocycles. The number of rotatable bonds is 2. The average molecular weight is 299 g/mol. The van der Waals surface area contributed by atoms with Gasteiger partial charge < -0.3 is 10.0 Å². The Morgan fingerprint density at radius 1 is 1.18 bits per heavy atom. The van der Waals surface area contributed by atoms with Gasteiger partial charge in [0.05, 0.1) is 6.54 Å². The van der Waals surface area contributed by atoms with Crippen molar-refractivity contribution >= 4 is 5.91 Å². The lowest BCUT2D eigenvalue weighted by atomic mass is 9.97. The predicted molar refractivity (Wildman–Crippen MR) is 83.4 cm³/mol. The molecule has 1 aliphatic heterocycles. The summed E-state index contributed by atoms with van der Waals surface area (Å²) in [6, 6.07) is 15.2. The number of aryl methyl sites for hydroxylation is 1. The maximum Gasteiger partial charge on any atom is 0.254 e. The Morgan fingerprint density at radius 3 is 2.64 bits per heavy atom. The zero-order valence-corrected chi connectivity index (χ0v) is 12.4. The lowest BCUT2D eigenvalue weighted by Crippen LogP contribution is -2.30. The second kappa shape index (κ2) is 5.89. The summed E-state index contributed by atoms with van der Waals surface area (Å²) < 4.78 is 13.5. The van der Waals surface area contributed by atoms with Crippen molar-refractivity contribution in [2.75, 3.05) is 13.1 Å². The molecule has 2 atom stereocenters. The number of halogens is 1. The van der Waals surface area contributed by atoms with Crippen molar-refractivity contribution in [1.29, 1.82) is 0 Å². The molecule has 0 unspecified atom stereocenters. The zero-order chi connectivity index (χ0) is 15.7. The summed E-state index contributed by atoms with van der Waals surface area (Å²) in [5, 5.41) is 9.52. The number of aliphatic hydroxyl groups excluding tert-OH is 1. The number of likely N-dealkylation sites (tertiary alicyclic amines) is 1. The Balaban J connectivity index is 1.97. The monoisotopic (exact) mass is 299 g/mol. The van der Waals surface area contributed by atoms with Crippen LogP contribution in [-0.2, 0) is 0 Å². The van der Waals surface area contributed by atoms with Gasteiger partial charge in [0, 0.05) is 12.1 Å². The van der Waals surface area contributed by atoms with Crippen LogP contribution in [0, 0.1) is 6.92 Å². The Morgan fingerprint density at radius 2 is 1.95 bits per heavy atom. The number of hydrogen-bond donors (Lipinski definition) is 1. The van der Waals surface area contributed by atoms with Crippen molar-refractivity contribution in [2.24, 2.45) is 0 Å². The summed E-state index contributed by atoms with van der Waals surface area (Å²) in [5.74, 6) is -0.240. The molecule has 1 aliphatic rings. The highest BCUT2D eigenvalue weighted by atomic mass is 19.1. The number of carbonyl (C=O) groups excluding carboxylic acids is 1. The van der Waals surface area contributed by atoms with E-state index in [1.807, 2.05) is 43.3 Å². The van der Waals surface area contributed by atoms with Gasteiger partial charge in [0.1, 0.15) is 12.3 Å². The Labute approximate surface area is 129 Å². The molecule has 0 radical (unpaired) electrons. The van der Waals surface area contributed by atoms with Gasteiger partial charge >= 0.3 is 0 Å². The summed E-state index contributed by atoms with van der Waals surface area (Å²) in [6.07, 6.45) is -2.45. The first-order valence-corrected chi connectivity index (χ1v) is 7.34. The number of aliphatic hydroxyl groups is 1. The van der Waals surface area contributed by atoms with Gasteiger partial charge in [-0.25, -0.2) is 4.39 Å². The molecule has 2 aromatic carbocycles. The summed E-state index contributed by atoms with van der Waals surface area (Å²) in [5.41, 5.74) is 3.43. The first-order chi connectivity index (χ1) is 10.6. The van der Waals surface area contributed by atoms with Crippen LogP contribution in [0.25, 0.3) is 11.1 Å². The van der Waals surface area contributed by atoms with E-state index in [2.05, 4.69) is 0 Å². The SMILES string of the molecule is Cc1cccc(-c2ccccc2C(=O)N2C[C@@H](O)[C@H](F)C2)c1. The lowest BCUT2D eigenvalue weighted by Gasteiger charge is -2.18. The molecule has 22 heavy (non-hydrogen) atoms. The molecule has 1 heterocycles. The Bertz CT molecular complexity index is 691. The largest absolute Gasteiger partial charge is 0.388 e. The second-order valence-electron chi connectivity index (χ2n) is 5.71. The van der Waals surface area contributed by atoms with Crippen LogP contribution in [0.5, 0.6) is 0 Å². The van der Waals surface area contributed by atoms with Crippen molar-refractivity contribution in [2.45, 2.75) is 19.2 Å². The number of nitrogens with zero attached hydrogens (tertiary/aromatic N) is 1. The number of alkyl halides is 1. The zero-order valence-electron chi connectivity index (χ0n) is 12.4. The molecular formula is C18H18FNO2. The lowest BCUT2D eigenvalue weighted by molar-refractivity contribution is 0.0765. The molecule has 4 heteroatoms. The fourth-order valence-electron chi connectivity index (χ4n) is 2.82. The van der Waals surface area contributed by atoms with E-state index in [1.54, 1.807) is 12.1 Å². The third-order valence-electron chi connectivity index (χ3n) is 3.99. The molecule has 0 aromatic heterocycles. The smallest absolute Gasteiger partial charge is 0.254 e. The van der Waals surface area contributed by atoms with E-state index in [4.69, 9.17) is 0 Å². The molecule has 0 spiro atoms. The standard InChI is InChI=1S/C18H18FNO2/c1-12-5-4-6-13(9-12)14-7-2-3-8-15(14)18(22)20-10-16(19)17(21)11-20/h2-9,16-17,21H,10-11H2,1H3/t16-,17-/m1/s1. The van der Waals surface area contributed by atoms with Crippen LogP contribution in [-0.4, -0.2) is 41.3 Å². The molecule has 0 bridgehead atoms. The molecule has 0 saturated carbocycles. The van der Waals surface area contributed by atoms with Crippen LogP contribution in [0.2, 0.25) is 0 Å². The molecule has 2 aromatic rings. The molecule has 1 amide bonds. The summed E-state index contributed by atoms with van der Waals surface area (Å²) in [6.45, 7) is 1.99. The number of hydrogen-bond acceptors (Lipinski definition) is 2. The highest BCUT2D eigenvalue weighted by molar-refractivity contribution is 6.01. The van der Waals surface area contributed by atoms with Crippen molar-refractivity contribution in [1.82, 2.24) is 4.90 Å². The van der Waals surface area contributed by atoms with Crippen molar-refractivity contribution in [3.05, 3.63) is 59.7 Å². The van der Waals surface area contributed by atoms with Crippen LogP contribution in [0.3, 0.4) is 0 Å². The predicted octanol–water partition coefficient (Wildman–Crippen LogP) is 2.82. The van der Waals surface area contributed by atoms with Gasteiger partial charge in [-0.15, -0.1) is 0 Å². The van der Waals surface area contributed by atoms with E-state index >= 15 is 0 Å². The Hall–Kier alpha value is -2.20. The summed E-state index contributed by atoms with van der Waals surface area (Å²) >= 11 is 0. The maximum absolute atomic E-state index is 13.5. The third kappa shape index (κ3) is 2.74. The highest BCUT2D eigenvalue weighted by Crippen LogP contribution is 2.27. The topological polar surface area (TPSA) is 40.5 Å². The van der Waals surface area contributed by atoms with Gasteiger partial charge in [0.2, 0.25) is 0 Å². The second-order valence-corrected chi connectivity index (χ2v) is 5.71. The minimum absolute atomic E-state index is 0.0438. The minimum Gasteiger partial charge on any atom is -0.388 e. The van der Waals surface area contributed by atoms with E-state index < -0.39 is 12.3 Å². The molecular weight excluding hydrogens is 281 g/mol. The van der Waals surface area contributed by atoms with E-state index in [0.717, 1.165) is 16.7 Å². The van der Waals surface area contributed by atoms with Crippen LogP contribution in [0.1, 0.15) is 15.9 Å². The number of β-amino-alcohol motifs (C(OH)–C–C–N with tert-alkyl or cyclic N) is 1. The first kappa shape index (κ1) is 14.7. The van der Waals surface area contributed by atoms with Crippen LogP contribution in [0.15, 0.2) is 48.5 Å². The van der Waals surface area contributed by atoms with Gasteiger partial charge in [-0.1, -0.05) is 48.0 Å². The van der Waals surface area contributed by atoms with Crippen LogP contribution < -0.4 is 0 Å². The molecule has 0 aliphatic carbocycles. The normalized spacial score (nSPS) is 21.1. The van der Waals surface area contributed by atoms with Crippen LogP contribution >= 0.6 is 0 Å². The Kier molecular flexibility index (Phi) is 3.94. The van der Waals surface area contributed by atoms with E-state index in [-0.39, 0.29) is 19.0 Å². The van der Waals surface area contributed by atoms with Gasteiger partial charge in [0.25, 0.3) is 5.91 Å². The molecule has 1 fully saturated rings.